The van der Waals surface area contributed by atoms with E-state index in [-0.39, 0.29) is 11.8 Å². The average molecular weight is 518 g/mol. The SMILES string of the molecule is COc1ccc(NC(=O)C2CC2)cc1.COc1nc(N2CCOCC2)cnc1Nc1n[nH]c2ccccc12. The summed E-state index contributed by atoms with van der Waals surface area (Å²) in [6, 6.07) is 15.2. The van der Waals surface area contributed by atoms with E-state index in [0.29, 0.717) is 30.7 Å². The highest BCUT2D eigenvalue weighted by atomic mass is 16.5. The summed E-state index contributed by atoms with van der Waals surface area (Å²) in [4.78, 5) is 22.6. The van der Waals surface area contributed by atoms with Crippen LogP contribution in [-0.2, 0) is 9.53 Å². The number of nitrogens with zero attached hydrogens (tertiary/aromatic N) is 4. The number of aromatic nitrogens is 4. The van der Waals surface area contributed by atoms with Gasteiger partial charge in [0.2, 0.25) is 5.91 Å². The predicted octanol–water partition coefficient (Wildman–Crippen LogP) is 3.99. The molecule has 0 atom stereocenters. The Morgan fingerprint density at radius 3 is 2.50 bits per heavy atom. The lowest BCUT2D eigenvalue weighted by Crippen LogP contribution is -2.36. The van der Waals surface area contributed by atoms with Crippen LogP contribution in [0.25, 0.3) is 10.9 Å². The van der Waals surface area contributed by atoms with Crippen LogP contribution in [0.15, 0.2) is 54.7 Å². The van der Waals surface area contributed by atoms with Crippen molar-refractivity contribution in [2.75, 3.05) is 56.1 Å². The molecule has 1 saturated carbocycles. The zero-order valence-electron chi connectivity index (χ0n) is 21.4. The number of nitrogens with one attached hydrogen (secondary N) is 3. The molecule has 1 aliphatic heterocycles. The minimum Gasteiger partial charge on any atom is -0.497 e. The first-order valence-electron chi connectivity index (χ1n) is 12.5. The number of amides is 1. The highest BCUT2D eigenvalue weighted by molar-refractivity contribution is 5.94. The number of methoxy groups -OCH3 is 2. The van der Waals surface area contributed by atoms with Crippen molar-refractivity contribution in [2.24, 2.45) is 5.92 Å². The van der Waals surface area contributed by atoms with Crippen molar-refractivity contribution in [2.45, 2.75) is 12.8 Å². The summed E-state index contributed by atoms with van der Waals surface area (Å²) in [5.41, 5.74) is 1.79. The third-order valence-corrected chi connectivity index (χ3v) is 6.27. The summed E-state index contributed by atoms with van der Waals surface area (Å²) >= 11 is 0. The summed E-state index contributed by atoms with van der Waals surface area (Å²) < 4.78 is 15.8. The van der Waals surface area contributed by atoms with E-state index in [1.807, 2.05) is 48.5 Å². The van der Waals surface area contributed by atoms with Gasteiger partial charge in [0.15, 0.2) is 17.5 Å². The maximum Gasteiger partial charge on any atom is 0.259 e. The van der Waals surface area contributed by atoms with Gasteiger partial charge in [0.1, 0.15) is 5.75 Å². The minimum atomic E-state index is 0.134. The van der Waals surface area contributed by atoms with Crippen LogP contribution >= 0.6 is 0 Å². The molecule has 0 bridgehead atoms. The van der Waals surface area contributed by atoms with Gasteiger partial charge in [0, 0.05) is 30.1 Å². The summed E-state index contributed by atoms with van der Waals surface area (Å²) in [5.74, 6) is 3.63. The maximum atomic E-state index is 11.4. The van der Waals surface area contributed by atoms with Gasteiger partial charge >= 0.3 is 0 Å². The molecule has 6 rings (SSSR count). The van der Waals surface area contributed by atoms with Crippen LogP contribution in [0.4, 0.5) is 23.1 Å². The minimum absolute atomic E-state index is 0.134. The van der Waals surface area contributed by atoms with E-state index in [0.717, 1.165) is 54.1 Å². The highest BCUT2D eigenvalue weighted by Gasteiger charge is 2.29. The molecule has 1 aliphatic carbocycles. The molecule has 198 valence electrons. The number of hydrogen-bond acceptors (Lipinski definition) is 9. The number of benzene rings is 2. The smallest absolute Gasteiger partial charge is 0.259 e. The van der Waals surface area contributed by atoms with Gasteiger partial charge in [0.25, 0.3) is 5.88 Å². The molecule has 3 heterocycles. The van der Waals surface area contributed by atoms with Crippen molar-refractivity contribution in [3.8, 4) is 11.6 Å². The number of hydrogen-bond donors (Lipinski definition) is 3. The molecule has 0 unspecified atom stereocenters. The molecule has 4 aromatic rings. The Bertz CT molecular complexity index is 1370. The number of carbonyl (C=O) groups excluding carboxylic acids is 1. The second-order valence-corrected chi connectivity index (χ2v) is 8.92. The molecule has 38 heavy (non-hydrogen) atoms. The molecule has 3 N–H and O–H groups in total. The van der Waals surface area contributed by atoms with Crippen LogP contribution in [0.3, 0.4) is 0 Å². The van der Waals surface area contributed by atoms with Gasteiger partial charge in [0.05, 0.1) is 39.1 Å². The van der Waals surface area contributed by atoms with Crippen molar-refractivity contribution in [3.63, 3.8) is 0 Å². The number of anilines is 4. The Morgan fingerprint density at radius 1 is 1.03 bits per heavy atom. The van der Waals surface area contributed by atoms with E-state index >= 15 is 0 Å². The molecular formula is C27H31N7O4. The fraction of sp³-hybridized carbons (Fsp3) is 0.333. The first-order valence-corrected chi connectivity index (χ1v) is 12.5. The summed E-state index contributed by atoms with van der Waals surface area (Å²) in [6.45, 7) is 3.00. The first kappa shape index (κ1) is 25.3. The van der Waals surface area contributed by atoms with Gasteiger partial charge < -0.3 is 29.7 Å². The van der Waals surface area contributed by atoms with Gasteiger partial charge in [-0.2, -0.15) is 10.1 Å². The van der Waals surface area contributed by atoms with Crippen molar-refractivity contribution in [1.82, 2.24) is 20.2 Å². The maximum absolute atomic E-state index is 11.4. The molecule has 11 nitrogen and oxygen atoms in total. The van der Waals surface area contributed by atoms with Crippen LogP contribution in [0, 0.1) is 5.92 Å². The number of para-hydroxylation sites is 1. The summed E-state index contributed by atoms with van der Waals surface area (Å²) in [5, 5.41) is 14.3. The lowest BCUT2D eigenvalue weighted by atomic mass is 10.2. The molecule has 0 spiro atoms. The Morgan fingerprint density at radius 2 is 1.79 bits per heavy atom. The quantitative estimate of drug-likeness (QED) is 0.334. The van der Waals surface area contributed by atoms with E-state index in [1.54, 1.807) is 20.4 Å². The molecule has 2 aliphatic rings. The average Bonchev–Trinajstić information content (AvgIpc) is 3.76. The normalized spacial score (nSPS) is 14.8. The van der Waals surface area contributed by atoms with Gasteiger partial charge in [-0.15, -0.1) is 0 Å². The number of ether oxygens (including phenoxy) is 3. The number of rotatable bonds is 7. The van der Waals surface area contributed by atoms with Crippen molar-refractivity contribution < 1.29 is 19.0 Å². The first-order chi connectivity index (χ1) is 18.6. The summed E-state index contributed by atoms with van der Waals surface area (Å²) in [7, 11) is 3.21. The van der Waals surface area contributed by atoms with Crippen molar-refractivity contribution in [1.29, 1.82) is 0 Å². The van der Waals surface area contributed by atoms with Gasteiger partial charge in [-0.3, -0.25) is 9.89 Å². The van der Waals surface area contributed by atoms with Gasteiger partial charge in [-0.1, -0.05) is 12.1 Å². The molecule has 1 amide bonds. The standard InChI is InChI=1S/C16H18N6O2.C11H13NO2/c1-23-16-15(17-10-13(18-16)22-6-8-24-9-7-22)19-14-11-4-2-3-5-12(11)20-21-14;1-14-10-6-4-9(5-7-10)12-11(13)8-2-3-8/h2-5,10H,6-9H2,1H3,(H2,17,19,20,21);4-8H,2-3H2,1H3,(H,12,13). The van der Waals surface area contributed by atoms with Crippen LogP contribution in [0.2, 0.25) is 0 Å². The zero-order valence-corrected chi connectivity index (χ0v) is 21.4. The van der Waals surface area contributed by atoms with Gasteiger partial charge in [-0.05, 0) is 49.2 Å². The zero-order chi connectivity index (χ0) is 26.3. The largest absolute Gasteiger partial charge is 0.497 e. The van der Waals surface area contributed by atoms with E-state index in [9.17, 15) is 4.79 Å². The van der Waals surface area contributed by atoms with E-state index in [4.69, 9.17) is 14.2 Å². The van der Waals surface area contributed by atoms with E-state index < -0.39 is 0 Å². The number of fused-ring (bicyclic) bond motifs is 1. The molecule has 2 aromatic carbocycles. The number of aromatic amines is 1. The lowest BCUT2D eigenvalue weighted by Gasteiger charge is -2.27. The highest BCUT2D eigenvalue weighted by Crippen LogP contribution is 2.30. The molecule has 2 fully saturated rings. The van der Waals surface area contributed by atoms with Crippen molar-refractivity contribution in [3.05, 3.63) is 54.7 Å². The van der Waals surface area contributed by atoms with E-state index in [2.05, 4.69) is 35.7 Å². The molecular weight excluding hydrogens is 486 g/mol. The number of H-pyrrole nitrogens is 1. The fourth-order valence-electron chi connectivity index (χ4n) is 3.97. The molecule has 0 radical (unpaired) electrons. The van der Waals surface area contributed by atoms with Crippen LogP contribution in [-0.4, -0.2) is 66.6 Å². The second-order valence-electron chi connectivity index (χ2n) is 8.92. The van der Waals surface area contributed by atoms with Crippen LogP contribution in [0.5, 0.6) is 11.6 Å². The predicted molar refractivity (Wildman–Crippen MR) is 145 cm³/mol. The third kappa shape index (κ3) is 6.12. The Hall–Kier alpha value is -4.38. The monoisotopic (exact) mass is 517 g/mol. The second kappa shape index (κ2) is 11.8. The molecule has 2 aromatic heterocycles. The lowest BCUT2D eigenvalue weighted by molar-refractivity contribution is -0.117. The number of carbonyl (C=O) groups is 1. The topological polar surface area (TPSA) is 127 Å². The molecule has 11 heteroatoms. The Kier molecular flexibility index (Phi) is 7.84. The number of morpholine rings is 1. The van der Waals surface area contributed by atoms with Crippen LogP contribution in [0.1, 0.15) is 12.8 Å². The summed E-state index contributed by atoms with van der Waals surface area (Å²) in [6.07, 6.45) is 3.80. The van der Waals surface area contributed by atoms with Crippen LogP contribution < -0.4 is 25.0 Å². The Labute approximate surface area is 220 Å². The van der Waals surface area contributed by atoms with E-state index in [1.165, 1.54) is 0 Å². The molecule has 1 saturated heterocycles. The van der Waals surface area contributed by atoms with Gasteiger partial charge in [-0.25, -0.2) is 4.98 Å². The fourth-order valence-corrected chi connectivity index (χ4v) is 3.97. The third-order valence-electron chi connectivity index (χ3n) is 6.27. The Balaban J connectivity index is 0.000000179. The van der Waals surface area contributed by atoms with Crippen molar-refractivity contribution >= 4 is 40.0 Å².